The fourth-order valence-corrected chi connectivity index (χ4v) is 3.97. The van der Waals surface area contributed by atoms with Crippen molar-refractivity contribution >= 4 is 16.8 Å². The summed E-state index contributed by atoms with van der Waals surface area (Å²) in [4.78, 5) is 18.1. The molecule has 2 aromatic heterocycles. The van der Waals surface area contributed by atoms with Gasteiger partial charge in [-0.2, -0.15) is 0 Å². The Labute approximate surface area is 152 Å². The Morgan fingerprint density at radius 1 is 1.19 bits per heavy atom. The van der Waals surface area contributed by atoms with Crippen molar-refractivity contribution in [2.45, 2.75) is 32.2 Å². The zero-order valence-corrected chi connectivity index (χ0v) is 14.8. The van der Waals surface area contributed by atoms with Crippen molar-refractivity contribution in [2.75, 3.05) is 13.1 Å². The fraction of sp³-hybridized carbons (Fsp3) is 0.450. The van der Waals surface area contributed by atoms with E-state index < -0.39 is 0 Å². The van der Waals surface area contributed by atoms with Gasteiger partial charge in [-0.25, -0.2) is 0 Å². The average Bonchev–Trinajstić information content (AvgIpc) is 3.04. The number of fused-ring (bicyclic) bond motifs is 1. The first-order chi connectivity index (χ1) is 12.8. The molecule has 5 rings (SSSR count). The van der Waals surface area contributed by atoms with Gasteiger partial charge in [0.2, 0.25) is 0 Å². The number of rotatable bonds is 5. The van der Waals surface area contributed by atoms with E-state index in [1.807, 2.05) is 41.6 Å². The van der Waals surface area contributed by atoms with Crippen molar-refractivity contribution < 1.29 is 4.79 Å². The second-order valence-electron chi connectivity index (χ2n) is 7.72. The van der Waals surface area contributed by atoms with Crippen LogP contribution in [0.1, 0.15) is 35.6 Å². The number of hydrogen-bond acceptors (Lipinski definition) is 3. The van der Waals surface area contributed by atoms with E-state index in [-0.39, 0.29) is 5.91 Å². The summed E-state index contributed by atoms with van der Waals surface area (Å²) in [6.07, 6.45) is 6.45. The second kappa shape index (κ2) is 6.27. The monoisotopic (exact) mass is 349 g/mol. The SMILES string of the molecule is O=C(c1cc2ccccc2[nH]1)N1CC[C@H](Cc2nncn2CC2CC2)C1. The third kappa shape index (κ3) is 3.00. The van der Waals surface area contributed by atoms with Gasteiger partial charge in [0.1, 0.15) is 17.8 Å². The minimum absolute atomic E-state index is 0.100. The number of aromatic nitrogens is 4. The molecule has 1 atom stereocenters. The maximum atomic E-state index is 12.8. The summed E-state index contributed by atoms with van der Waals surface area (Å²) >= 11 is 0. The molecule has 6 heteroatoms. The molecule has 1 aliphatic heterocycles. The van der Waals surface area contributed by atoms with Crippen molar-refractivity contribution in [3.8, 4) is 0 Å². The maximum Gasteiger partial charge on any atom is 0.270 e. The molecule has 0 bridgehead atoms. The van der Waals surface area contributed by atoms with Crippen molar-refractivity contribution in [3.63, 3.8) is 0 Å². The first-order valence-corrected chi connectivity index (χ1v) is 9.50. The van der Waals surface area contributed by atoms with E-state index in [0.717, 1.165) is 55.1 Å². The summed E-state index contributed by atoms with van der Waals surface area (Å²) in [5, 5.41) is 9.50. The largest absolute Gasteiger partial charge is 0.351 e. The number of benzene rings is 1. The van der Waals surface area contributed by atoms with Gasteiger partial charge in [0.05, 0.1) is 0 Å². The quantitative estimate of drug-likeness (QED) is 0.770. The number of likely N-dealkylation sites (tertiary alicyclic amines) is 1. The molecule has 0 spiro atoms. The van der Waals surface area contributed by atoms with Gasteiger partial charge in [0.25, 0.3) is 5.91 Å². The third-order valence-corrected chi connectivity index (χ3v) is 5.65. The van der Waals surface area contributed by atoms with Crippen LogP contribution < -0.4 is 0 Å². The highest BCUT2D eigenvalue weighted by Gasteiger charge is 2.29. The molecule has 1 saturated carbocycles. The smallest absolute Gasteiger partial charge is 0.270 e. The summed E-state index contributed by atoms with van der Waals surface area (Å²) in [5.74, 6) is 2.45. The lowest BCUT2D eigenvalue weighted by molar-refractivity contribution is 0.0782. The fourth-order valence-electron chi connectivity index (χ4n) is 3.97. The molecule has 1 N–H and O–H groups in total. The van der Waals surface area contributed by atoms with Crippen LogP contribution >= 0.6 is 0 Å². The minimum Gasteiger partial charge on any atom is -0.351 e. The number of amides is 1. The van der Waals surface area contributed by atoms with Gasteiger partial charge < -0.3 is 14.5 Å². The van der Waals surface area contributed by atoms with Crippen LogP contribution in [0.2, 0.25) is 0 Å². The summed E-state index contributed by atoms with van der Waals surface area (Å²) < 4.78 is 2.21. The zero-order valence-electron chi connectivity index (χ0n) is 14.8. The summed E-state index contributed by atoms with van der Waals surface area (Å²) in [5.41, 5.74) is 1.70. The van der Waals surface area contributed by atoms with Gasteiger partial charge >= 0.3 is 0 Å². The third-order valence-electron chi connectivity index (χ3n) is 5.65. The van der Waals surface area contributed by atoms with Gasteiger partial charge in [-0.05, 0) is 43.2 Å². The number of carbonyl (C=O) groups is 1. The molecule has 1 amide bonds. The van der Waals surface area contributed by atoms with E-state index in [9.17, 15) is 4.79 Å². The van der Waals surface area contributed by atoms with Crippen LogP contribution in [0, 0.1) is 11.8 Å². The van der Waals surface area contributed by atoms with Gasteiger partial charge in [-0.15, -0.1) is 10.2 Å². The topological polar surface area (TPSA) is 66.8 Å². The molecule has 134 valence electrons. The van der Waals surface area contributed by atoms with E-state index in [0.29, 0.717) is 11.6 Å². The van der Waals surface area contributed by atoms with E-state index in [1.165, 1.54) is 12.8 Å². The average molecular weight is 349 g/mol. The Hall–Kier alpha value is -2.63. The predicted octanol–water partition coefficient (Wildman–Crippen LogP) is 2.87. The Bertz CT molecular complexity index is 905. The molecule has 26 heavy (non-hydrogen) atoms. The number of nitrogens with zero attached hydrogens (tertiary/aromatic N) is 4. The lowest BCUT2D eigenvalue weighted by atomic mass is 10.0. The molecule has 3 heterocycles. The molecule has 2 fully saturated rings. The zero-order chi connectivity index (χ0) is 17.5. The lowest BCUT2D eigenvalue weighted by Crippen LogP contribution is -2.29. The van der Waals surface area contributed by atoms with Crippen LogP contribution in [0.4, 0.5) is 0 Å². The highest BCUT2D eigenvalue weighted by Crippen LogP contribution is 2.31. The molecule has 1 aromatic carbocycles. The molecular weight excluding hydrogens is 326 g/mol. The molecule has 6 nitrogen and oxygen atoms in total. The van der Waals surface area contributed by atoms with Crippen LogP contribution in [0.5, 0.6) is 0 Å². The van der Waals surface area contributed by atoms with Gasteiger partial charge in [0.15, 0.2) is 0 Å². The molecule has 1 aliphatic carbocycles. The second-order valence-corrected chi connectivity index (χ2v) is 7.72. The molecule has 0 unspecified atom stereocenters. The van der Waals surface area contributed by atoms with Crippen LogP contribution in [0.15, 0.2) is 36.7 Å². The number of carbonyl (C=O) groups excluding carboxylic acids is 1. The summed E-state index contributed by atoms with van der Waals surface area (Å²) in [7, 11) is 0. The van der Waals surface area contributed by atoms with Crippen LogP contribution in [-0.4, -0.2) is 43.6 Å². The van der Waals surface area contributed by atoms with E-state index in [1.54, 1.807) is 0 Å². The molecule has 2 aliphatic rings. The number of H-pyrrole nitrogens is 1. The van der Waals surface area contributed by atoms with Gasteiger partial charge in [-0.3, -0.25) is 4.79 Å². The maximum absolute atomic E-state index is 12.8. The normalized spacial score (nSPS) is 20.2. The Morgan fingerprint density at radius 3 is 2.92 bits per heavy atom. The molecule has 3 aromatic rings. The first-order valence-electron chi connectivity index (χ1n) is 9.50. The Kier molecular flexibility index (Phi) is 3.76. The summed E-state index contributed by atoms with van der Waals surface area (Å²) in [6.45, 7) is 2.66. The molecular formula is C20H23N5O. The Morgan fingerprint density at radius 2 is 2.08 bits per heavy atom. The van der Waals surface area contributed by atoms with E-state index >= 15 is 0 Å². The number of hydrogen-bond donors (Lipinski definition) is 1. The van der Waals surface area contributed by atoms with Crippen LogP contribution in [-0.2, 0) is 13.0 Å². The van der Waals surface area contributed by atoms with Crippen molar-refractivity contribution in [1.82, 2.24) is 24.6 Å². The minimum atomic E-state index is 0.100. The van der Waals surface area contributed by atoms with Gasteiger partial charge in [0, 0.05) is 37.0 Å². The molecule has 1 saturated heterocycles. The van der Waals surface area contributed by atoms with Crippen LogP contribution in [0.3, 0.4) is 0 Å². The van der Waals surface area contributed by atoms with Crippen molar-refractivity contribution in [1.29, 1.82) is 0 Å². The van der Waals surface area contributed by atoms with Gasteiger partial charge in [-0.1, -0.05) is 18.2 Å². The number of para-hydroxylation sites is 1. The van der Waals surface area contributed by atoms with E-state index in [2.05, 4.69) is 19.7 Å². The van der Waals surface area contributed by atoms with Crippen molar-refractivity contribution in [3.05, 3.63) is 48.2 Å². The molecule has 0 radical (unpaired) electrons. The lowest BCUT2D eigenvalue weighted by Gasteiger charge is -2.15. The first kappa shape index (κ1) is 15.6. The highest BCUT2D eigenvalue weighted by atomic mass is 16.2. The standard InChI is InChI=1S/C20H23N5O/c26-20(18-10-16-3-1-2-4-17(16)22-18)24-8-7-15(12-24)9-19-23-21-13-25(19)11-14-5-6-14/h1-4,10,13-15,22H,5-9,11-12H2/t15-/m1/s1. The summed E-state index contributed by atoms with van der Waals surface area (Å²) in [6, 6.07) is 9.97. The van der Waals surface area contributed by atoms with Crippen molar-refractivity contribution in [2.24, 2.45) is 11.8 Å². The highest BCUT2D eigenvalue weighted by molar-refractivity contribution is 5.98. The Balaban J connectivity index is 1.25. The van der Waals surface area contributed by atoms with E-state index in [4.69, 9.17) is 0 Å². The number of nitrogens with one attached hydrogen (secondary N) is 1. The predicted molar refractivity (Wildman–Crippen MR) is 98.8 cm³/mol. The van der Waals surface area contributed by atoms with Crippen LogP contribution in [0.25, 0.3) is 10.9 Å². The number of aromatic amines is 1.